The van der Waals surface area contributed by atoms with Gasteiger partial charge in [-0.15, -0.1) is 0 Å². The van der Waals surface area contributed by atoms with Crippen LogP contribution in [-0.2, 0) is 0 Å². The Hall–Kier alpha value is -0.940. The topological polar surface area (TPSA) is 44.5 Å². The molecule has 0 aliphatic carbocycles. The predicted molar refractivity (Wildman–Crippen MR) is 77.8 cm³/mol. The van der Waals surface area contributed by atoms with Gasteiger partial charge in [-0.1, -0.05) is 29.3 Å². The normalized spacial score (nSPS) is 31.4. The van der Waals surface area contributed by atoms with Crippen LogP contribution in [0, 0.1) is 13.8 Å². The molecule has 3 N–H and O–H groups in total. The SMILES string of the molecule is Cc1cc(C)cc(C(NN)C2CN3CCN2CC3)c1. The van der Waals surface area contributed by atoms with E-state index in [-0.39, 0.29) is 6.04 Å². The van der Waals surface area contributed by atoms with Crippen LogP contribution in [0.15, 0.2) is 18.2 Å². The summed E-state index contributed by atoms with van der Waals surface area (Å²) in [6.07, 6.45) is 0. The molecule has 2 unspecified atom stereocenters. The van der Waals surface area contributed by atoms with E-state index in [1.165, 1.54) is 42.9 Å². The van der Waals surface area contributed by atoms with Gasteiger partial charge >= 0.3 is 0 Å². The molecule has 1 aromatic rings. The summed E-state index contributed by atoms with van der Waals surface area (Å²) in [5, 5.41) is 0. The zero-order chi connectivity index (χ0) is 13.4. The third kappa shape index (κ3) is 2.54. The Morgan fingerprint density at radius 2 is 1.74 bits per heavy atom. The minimum atomic E-state index is 0.224. The third-order valence-corrected chi connectivity index (χ3v) is 4.49. The number of nitrogens with one attached hydrogen (secondary N) is 1. The number of benzene rings is 1. The molecule has 2 atom stereocenters. The minimum Gasteiger partial charge on any atom is -0.299 e. The molecule has 3 fully saturated rings. The summed E-state index contributed by atoms with van der Waals surface area (Å²) in [4.78, 5) is 5.14. The highest BCUT2D eigenvalue weighted by molar-refractivity contribution is 5.31. The van der Waals surface area contributed by atoms with Crippen molar-refractivity contribution in [2.24, 2.45) is 5.84 Å². The van der Waals surface area contributed by atoms with Gasteiger partial charge in [0.2, 0.25) is 0 Å². The smallest absolute Gasteiger partial charge is 0.0628 e. The van der Waals surface area contributed by atoms with E-state index in [0.717, 1.165) is 6.54 Å². The number of piperazine rings is 3. The first-order valence-electron chi connectivity index (χ1n) is 7.18. The van der Waals surface area contributed by atoms with Gasteiger partial charge in [-0.05, 0) is 19.4 Å². The third-order valence-electron chi connectivity index (χ3n) is 4.49. The van der Waals surface area contributed by atoms with E-state index in [0.29, 0.717) is 6.04 Å². The van der Waals surface area contributed by atoms with Gasteiger partial charge in [0.15, 0.2) is 0 Å². The monoisotopic (exact) mass is 260 g/mol. The van der Waals surface area contributed by atoms with Gasteiger partial charge in [0.05, 0.1) is 6.04 Å². The average molecular weight is 260 g/mol. The van der Waals surface area contributed by atoms with Crippen molar-refractivity contribution in [3.8, 4) is 0 Å². The van der Waals surface area contributed by atoms with E-state index >= 15 is 0 Å². The molecule has 4 heteroatoms. The highest BCUT2D eigenvalue weighted by Gasteiger charge is 2.37. The summed E-state index contributed by atoms with van der Waals surface area (Å²) >= 11 is 0. The zero-order valence-corrected chi connectivity index (χ0v) is 11.9. The second kappa shape index (κ2) is 5.21. The standard InChI is InChI=1S/C15H24N4/c1-11-7-12(2)9-13(8-11)15(17-16)14-10-18-3-5-19(14)6-4-18/h7-9,14-15,17H,3-6,10,16H2,1-2H3. The Morgan fingerprint density at radius 1 is 1.11 bits per heavy atom. The lowest BCUT2D eigenvalue weighted by Gasteiger charge is -2.50. The summed E-state index contributed by atoms with van der Waals surface area (Å²) in [5.41, 5.74) is 7.00. The van der Waals surface area contributed by atoms with Crippen molar-refractivity contribution < 1.29 is 0 Å². The van der Waals surface area contributed by atoms with Crippen LogP contribution >= 0.6 is 0 Å². The fourth-order valence-electron chi connectivity index (χ4n) is 3.59. The van der Waals surface area contributed by atoms with Crippen molar-refractivity contribution in [2.75, 3.05) is 32.7 Å². The maximum Gasteiger partial charge on any atom is 0.0628 e. The van der Waals surface area contributed by atoms with Crippen LogP contribution in [0.2, 0.25) is 0 Å². The van der Waals surface area contributed by atoms with Crippen LogP contribution in [0.5, 0.6) is 0 Å². The Balaban J connectivity index is 1.87. The van der Waals surface area contributed by atoms with Crippen molar-refractivity contribution in [1.82, 2.24) is 15.2 Å². The summed E-state index contributed by atoms with van der Waals surface area (Å²) < 4.78 is 0. The van der Waals surface area contributed by atoms with Gasteiger partial charge in [0.25, 0.3) is 0 Å². The van der Waals surface area contributed by atoms with Crippen LogP contribution in [0.4, 0.5) is 0 Å². The van der Waals surface area contributed by atoms with Crippen molar-refractivity contribution in [3.05, 3.63) is 34.9 Å². The summed E-state index contributed by atoms with van der Waals surface area (Å²) in [5.74, 6) is 5.87. The number of nitrogens with two attached hydrogens (primary N) is 1. The first-order valence-corrected chi connectivity index (χ1v) is 7.18. The number of hydrazine groups is 1. The van der Waals surface area contributed by atoms with Crippen molar-refractivity contribution in [3.63, 3.8) is 0 Å². The Labute approximate surface area is 115 Å². The van der Waals surface area contributed by atoms with Gasteiger partial charge in [-0.2, -0.15) is 0 Å². The molecule has 0 aromatic heterocycles. The number of hydrogen-bond donors (Lipinski definition) is 2. The number of nitrogens with zero attached hydrogens (tertiary/aromatic N) is 2. The molecule has 1 aromatic carbocycles. The molecule has 2 bridgehead atoms. The molecule has 19 heavy (non-hydrogen) atoms. The highest BCUT2D eigenvalue weighted by Crippen LogP contribution is 2.27. The van der Waals surface area contributed by atoms with E-state index in [1.54, 1.807) is 0 Å². The van der Waals surface area contributed by atoms with Crippen molar-refractivity contribution in [2.45, 2.75) is 25.9 Å². The van der Waals surface area contributed by atoms with Gasteiger partial charge in [0.1, 0.15) is 0 Å². The maximum atomic E-state index is 5.87. The highest BCUT2D eigenvalue weighted by atomic mass is 15.4. The van der Waals surface area contributed by atoms with E-state index in [1.807, 2.05) is 0 Å². The quantitative estimate of drug-likeness (QED) is 0.623. The molecule has 0 spiro atoms. The Bertz CT molecular complexity index is 431. The maximum absolute atomic E-state index is 5.87. The molecule has 3 aliphatic heterocycles. The number of aryl methyl sites for hydroxylation is 2. The second-order valence-electron chi connectivity index (χ2n) is 5.97. The molecule has 4 rings (SSSR count). The summed E-state index contributed by atoms with van der Waals surface area (Å²) in [6.45, 7) is 10.2. The molecule has 104 valence electrons. The number of fused-ring (bicyclic) bond motifs is 3. The largest absolute Gasteiger partial charge is 0.299 e. The van der Waals surface area contributed by atoms with Gasteiger partial charge in [-0.3, -0.25) is 21.1 Å². The van der Waals surface area contributed by atoms with Crippen LogP contribution < -0.4 is 11.3 Å². The first kappa shape index (κ1) is 13.1. The average Bonchev–Trinajstić information content (AvgIpc) is 2.40. The lowest BCUT2D eigenvalue weighted by Crippen LogP contribution is -2.64. The van der Waals surface area contributed by atoms with E-state index in [4.69, 9.17) is 5.84 Å². The molecule has 3 heterocycles. The Morgan fingerprint density at radius 3 is 2.21 bits per heavy atom. The van der Waals surface area contributed by atoms with Gasteiger partial charge < -0.3 is 0 Å². The fraction of sp³-hybridized carbons (Fsp3) is 0.600. The van der Waals surface area contributed by atoms with Gasteiger partial charge in [0, 0.05) is 38.8 Å². The minimum absolute atomic E-state index is 0.224. The molecular weight excluding hydrogens is 236 g/mol. The van der Waals surface area contributed by atoms with Crippen LogP contribution in [-0.4, -0.2) is 48.6 Å². The molecule has 4 nitrogen and oxygen atoms in total. The lowest BCUT2D eigenvalue weighted by molar-refractivity contribution is -0.00370. The molecule has 3 saturated heterocycles. The fourth-order valence-corrected chi connectivity index (χ4v) is 3.59. The van der Waals surface area contributed by atoms with Crippen LogP contribution in [0.1, 0.15) is 22.7 Å². The van der Waals surface area contributed by atoms with E-state index in [9.17, 15) is 0 Å². The van der Waals surface area contributed by atoms with Crippen LogP contribution in [0.3, 0.4) is 0 Å². The summed E-state index contributed by atoms with van der Waals surface area (Å²) in [7, 11) is 0. The first-order chi connectivity index (χ1) is 9.17. The van der Waals surface area contributed by atoms with Gasteiger partial charge in [-0.25, -0.2) is 0 Å². The molecular formula is C15H24N4. The Kier molecular flexibility index (Phi) is 3.58. The molecule has 0 amide bonds. The number of rotatable bonds is 3. The second-order valence-corrected chi connectivity index (χ2v) is 5.97. The lowest BCUT2D eigenvalue weighted by atomic mass is 9.92. The molecule has 0 radical (unpaired) electrons. The molecule has 0 saturated carbocycles. The predicted octanol–water partition coefficient (Wildman–Crippen LogP) is 0.808. The summed E-state index contributed by atoms with van der Waals surface area (Å²) in [6, 6.07) is 7.45. The number of hydrogen-bond acceptors (Lipinski definition) is 4. The van der Waals surface area contributed by atoms with E-state index in [2.05, 4.69) is 47.3 Å². The van der Waals surface area contributed by atoms with Crippen molar-refractivity contribution in [1.29, 1.82) is 0 Å². The van der Waals surface area contributed by atoms with Crippen molar-refractivity contribution >= 4 is 0 Å². The molecule has 3 aliphatic rings. The van der Waals surface area contributed by atoms with E-state index < -0.39 is 0 Å². The zero-order valence-electron chi connectivity index (χ0n) is 11.9. The van der Waals surface area contributed by atoms with Crippen LogP contribution in [0.25, 0.3) is 0 Å².